The summed E-state index contributed by atoms with van der Waals surface area (Å²) in [6.07, 6.45) is 6.87. The van der Waals surface area contributed by atoms with Crippen molar-refractivity contribution in [2.45, 2.75) is 108 Å². The van der Waals surface area contributed by atoms with Crippen LogP contribution in [0.5, 0.6) is 0 Å². The number of esters is 1. The normalized spacial score (nSPS) is 25.7. The van der Waals surface area contributed by atoms with Gasteiger partial charge in [0.05, 0.1) is 24.0 Å². The molecule has 3 fully saturated rings. The van der Waals surface area contributed by atoms with Gasteiger partial charge in [-0.25, -0.2) is 0 Å². The first-order valence-electron chi connectivity index (χ1n) is 17.2. The molecule has 3 aliphatic rings. The summed E-state index contributed by atoms with van der Waals surface area (Å²) in [5.41, 5.74) is -0.393. The molecule has 3 heterocycles. The van der Waals surface area contributed by atoms with E-state index in [9.17, 15) is 24.3 Å². The Bertz CT molecular complexity index is 1290. The van der Waals surface area contributed by atoms with E-state index in [1.807, 2.05) is 51.1 Å². The molecule has 10 nitrogen and oxygen atoms in total. The summed E-state index contributed by atoms with van der Waals surface area (Å²) >= 11 is 0. The van der Waals surface area contributed by atoms with Crippen molar-refractivity contribution in [1.82, 2.24) is 14.7 Å². The van der Waals surface area contributed by atoms with Crippen LogP contribution in [-0.4, -0.2) is 100 Å². The van der Waals surface area contributed by atoms with Gasteiger partial charge in [0, 0.05) is 39.2 Å². The van der Waals surface area contributed by atoms with Gasteiger partial charge in [0.15, 0.2) is 0 Å². The SMILES string of the molecule is C=CCCC(=O)N(C)[C@H](C)[C@H](OC(=O)[C@@H]1[C@H]2C(=O)N(CCCCCCO)[C@H](C(=O)N(CC=C)C(C)C)[C@]23CC[C@H]1O3)c1ccccc1. The zero-order chi connectivity index (χ0) is 34.3. The zero-order valence-corrected chi connectivity index (χ0v) is 28.5. The fourth-order valence-corrected chi connectivity index (χ4v) is 7.66. The lowest BCUT2D eigenvalue weighted by molar-refractivity contribution is -0.164. The first kappa shape index (κ1) is 36.3. The molecule has 4 rings (SSSR count). The highest BCUT2D eigenvalue weighted by atomic mass is 16.6. The van der Waals surface area contributed by atoms with E-state index in [0.29, 0.717) is 51.6 Å². The number of likely N-dealkylation sites (N-methyl/N-ethyl adjacent to an activating group) is 1. The lowest BCUT2D eigenvalue weighted by atomic mass is 9.70. The minimum absolute atomic E-state index is 0.0900. The maximum absolute atomic E-state index is 14.4. The highest BCUT2D eigenvalue weighted by molar-refractivity contribution is 5.98. The van der Waals surface area contributed by atoms with Crippen LogP contribution < -0.4 is 0 Å². The second-order valence-electron chi connectivity index (χ2n) is 13.4. The summed E-state index contributed by atoms with van der Waals surface area (Å²) in [4.78, 5) is 61.0. The number of rotatable bonds is 18. The number of aliphatic hydroxyl groups excluding tert-OH is 1. The molecule has 2 bridgehead atoms. The molecule has 0 unspecified atom stereocenters. The Kier molecular flexibility index (Phi) is 12.4. The molecule has 1 N–H and O–H groups in total. The van der Waals surface area contributed by atoms with Gasteiger partial charge in [-0.3, -0.25) is 19.2 Å². The quantitative estimate of drug-likeness (QED) is 0.142. The van der Waals surface area contributed by atoms with Crippen LogP contribution >= 0.6 is 0 Å². The van der Waals surface area contributed by atoms with E-state index in [0.717, 1.165) is 18.4 Å². The van der Waals surface area contributed by atoms with E-state index in [4.69, 9.17) is 9.47 Å². The van der Waals surface area contributed by atoms with Crippen molar-refractivity contribution in [2.75, 3.05) is 26.7 Å². The summed E-state index contributed by atoms with van der Waals surface area (Å²) in [6, 6.07) is 7.84. The standard InChI is InChI=1S/C37H53N3O7/c1-7-9-19-29(42)38(6)26(5)32(27-17-13-12-14-18-27)46-36(45)30-28-20-21-37(47-28)31(30)34(43)40(23-15-10-11-16-24-41)33(37)35(44)39(22-8-2)25(3)4/h7-8,12-14,17-18,25-26,28,30-33,41H,1-2,9-11,15-16,19-24H2,3-6H3/t26-,28-,30+,31+,32+,33-,37+/m1/s1. The number of fused-ring (bicyclic) bond motifs is 1. The molecule has 3 aliphatic heterocycles. The Morgan fingerprint density at radius 1 is 1.11 bits per heavy atom. The fourth-order valence-electron chi connectivity index (χ4n) is 7.66. The Labute approximate surface area is 279 Å². The molecule has 1 spiro atoms. The third-order valence-electron chi connectivity index (χ3n) is 10.2. The van der Waals surface area contributed by atoms with Gasteiger partial charge in [-0.15, -0.1) is 13.2 Å². The number of hydrogen-bond donors (Lipinski definition) is 1. The van der Waals surface area contributed by atoms with E-state index >= 15 is 0 Å². The van der Waals surface area contributed by atoms with Gasteiger partial charge < -0.3 is 29.3 Å². The summed E-state index contributed by atoms with van der Waals surface area (Å²) in [7, 11) is 1.70. The molecule has 0 aromatic heterocycles. The van der Waals surface area contributed by atoms with Crippen molar-refractivity contribution in [3.05, 3.63) is 61.2 Å². The van der Waals surface area contributed by atoms with Crippen LogP contribution in [0.15, 0.2) is 55.6 Å². The Morgan fingerprint density at radius 2 is 1.81 bits per heavy atom. The molecule has 7 atom stereocenters. The van der Waals surface area contributed by atoms with Crippen molar-refractivity contribution in [3.8, 4) is 0 Å². The highest BCUT2D eigenvalue weighted by Gasteiger charge is 2.75. The first-order valence-corrected chi connectivity index (χ1v) is 17.2. The maximum atomic E-state index is 14.4. The molecule has 3 saturated heterocycles. The number of allylic oxidation sites excluding steroid dienone is 1. The smallest absolute Gasteiger partial charge is 0.313 e. The van der Waals surface area contributed by atoms with Crippen molar-refractivity contribution in [3.63, 3.8) is 0 Å². The van der Waals surface area contributed by atoms with Crippen molar-refractivity contribution in [2.24, 2.45) is 11.8 Å². The third kappa shape index (κ3) is 7.33. The number of carbonyl (C=O) groups is 4. The molecule has 0 radical (unpaired) electrons. The van der Waals surface area contributed by atoms with E-state index in [-0.39, 0.29) is 30.4 Å². The molecule has 258 valence electrons. The molecule has 1 aromatic rings. The summed E-state index contributed by atoms with van der Waals surface area (Å²) in [6.45, 7) is 14.1. The van der Waals surface area contributed by atoms with Crippen LogP contribution in [0, 0.1) is 11.8 Å². The minimum atomic E-state index is -1.13. The monoisotopic (exact) mass is 651 g/mol. The number of likely N-dealkylation sites (tertiary alicyclic amines) is 1. The van der Waals surface area contributed by atoms with Gasteiger partial charge in [0.1, 0.15) is 17.7 Å². The van der Waals surface area contributed by atoms with Crippen molar-refractivity contribution < 1.29 is 33.8 Å². The van der Waals surface area contributed by atoms with E-state index < -0.39 is 47.7 Å². The van der Waals surface area contributed by atoms with Crippen LogP contribution in [0.1, 0.15) is 83.8 Å². The van der Waals surface area contributed by atoms with Crippen molar-refractivity contribution >= 4 is 23.7 Å². The zero-order valence-electron chi connectivity index (χ0n) is 28.5. The number of carbonyl (C=O) groups excluding carboxylic acids is 4. The fraction of sp³-hybridized carbons (Fsp3) is 0.622. The van der Waals surface area contributed by atoms with Gasteiger partial charge in [0.25, 0.3) is 0 Å². The summed E-state index contributed by atoms with van der Waals surface area (Å²) < 4.78 is 12.9. The van der Waals surface area contributed by atoms with E-state index in [2.05, 4.69) is 13.2 Å². The number of amides is 3. The van der Waals surface area contributed by atoms with Gasteiger partial charge >= 0.3 is 5.97 Å². The Morgan fingerprint density at radius 3 is 2.45 bits per heavy atom. The topological polar surface area (TPSA) is 117 Å². The van der Waals surface area contributed by atoms with Gasteiger partial charge in [-0.1, -0.05) is 55.3 Å². The first-order chi connectivity index (χ1) is 22.5. The molecular formula is C37H53N3O7. The molecule has 0 aliphatic carbocycles. The molecule has 1 aromatic carbocycles. The predicted octanol–water partition coefficient (Wildman–Crippen LogP) is 4.43. The highest BCUT2D eigenvalue weighted by Crippen LogP contribution is 2.59. The predicted molar refractivity (Wildman–Crippen MR) is 179 cm³/mol. The minimum Gasteiger partial charge on any atom is -0.455 e. The van der Waals surface area contributed by atoms with Crippen LogP contribution in [0.3, 0.4) is 0 Å². The van der Waals surface area contributed by atoms with Crippen LogP contribution in [-0.2, 0) is 28.7 Å². The second-order valence-corrected chi connectivity index (χ2v) is 13.4. The number of nitrogens with zero attached hydrogens (tertiary/aromatic N) is 3. The number of aliphatic hydroxyl groups is 1. The Balaban J connectivity index is 1.65. The Hall–Kier alpha value is -3.50. The van der Waals surface area contributed by atoms with E-state index in [1.54, 1.807) is 33.9 Å². The van der Waals surface area contributed by atoms with Crippen LogP contribution in [0.2, 0.25) is 0 Å². The second kappa shape index (κ2) is 16.1. The van der Waals surface area contributed by atoms with Gasteiger partial charge in [-0.05, 0) is 58.4 Å². The average molecular weight is 652 g/mol. The average Bonchev–Trinajstić information content (AvgIpc) is 3.71. The van der Waals surface area contributed by atoms with E-state index in [1.165, 1.54) is 0 Å². The molecule has 10 heteroatoms. The van der Waals surface area contributed by atoms with Gasteiger partial charge in [0.2, 0.25) is 17.7 Å². The molecular weight excluding hydrogens is 598 g/mol. The molecule has 47 heavy (non-hydrogen) atoms. The largest absolute Gasteiger partial charge is 0.455 e. The van der Waals surface area contributed by atoms with Crippen LogP contribution in [0.25, 0.3) is 0 Å². The van der Waals surface area contributed by atoms with Gasteiger partial charge in [-0.2, -0.15) is 0 Å². The van der Waals surface area contributed by atoms with Crippen molar-refractivity contribution in [1.29, 1.82) is 0 Å². The lowest BCUT2D eigenvalue weighted by Gasteiger charge is -2.38. The number of hydrogen-bond acceptors (Lipinski definition) is 7. The summed E-state index contributed by atoms with van der Waals surface area (Å²) in [5, 5.41) is 9.21. The van der Waals surface area contributed by atoms with Crippen LogP contribution in [0.4, 0.5) is 0 Å². The number of ether oxygens (including phenoxy) is 2. The number of benzene rings is 1. The molecule has 3 amide bonds. The lowest BCUT2D eigenvalue weighted by Crippen LogP contribution is -2.57. The maximum Gasteiger partial charge on any atom is 0.313 e. The third-order valence-corrected chi connectivity index (χ3v) is 10.2. The summed E-state index contributed by atoms with van der Waals surface area (Å²) in [5.74, 6) is -2.82. The number of unbranched alkanes of at least 4 members (excludes halogenated alkanes) is 3. The molecule has 0 saturated carbocycles.